The average Bonchev–Trinajstić information content (AvgIpc) is 3.32. The predicted octanol–water partition coefficient (Wildman–Crippen LogP) is 3.98. The van der Waals surface area contributed by atoms with Crippen molar-refractivity contribution in [1.29, 1.82) is 0 Å². The van der Waals surface area contributed by atoms with E-state index in [0.29, 0.717) is 9.90 Å². The van der Waals surface area contributed by atoms with Crippen molar-refractivity contribution in [3.8, 4) is 11.1 Å². The van der Waals surface area contributed by atoms with Gasteiger partial charge in [0, 0.05) is 49.0 Å². The van der Waals surface area contributed by atoms with E-state index < -0.39 is 0 Å². The number of nitrogens with one attached hydrogen (secondary N) is 1. The number of hydrogen-bond donors (Lipinski definition) is 1. The first-order valence-electron chi connectivity index (χ1n) is 9.96. The fourth-order valence-electron chi connectivity index (χ4n) is 3.99. The second-order valence-electron chi connectivity index (χ2n) is 7.81. The number of rotatable bonds is 4. The summed E-state index contributed by atoms with van der Waals surface area (Å²) in [4.78, 5) is 25.8. The third kappa shape index (κ3) is 3.45. The van der Waals surface area contributed by atoms with Crippen molar-refractivity contribution < 1.29 is 4.79 Å². The van der Waals surface area contributed by atoms with Gasteiger partial charge < -0.3 is 10.2 Å². The van der Waals surface area contributed by atoms with Crippen molar-refractivity contribution in [1.82, 2.24) is 25.1 Å². The lowest BCUT2D eigenvalue weighted by Gasteiger charge is -2.41. The van der Waals surface area contributed by atoms with Crippen molar-refractivity contribution in [2.75, 3.05) is 18.0 Å². The molecule has 0 aromatic carbocycles. The van der Waals surface area contributed by atoms with Gasteiger partial charge in [-0.15, -0.1) is 11.3 Å². The van der Waals surface area contributed by atoms with Crippen LogP contribution in [0.3, 0.4) is 0 Å². The molecule has 0 atom stereocenters. The van der Waals surface area contributed by atoms with Crippen LogP contribution in [0.5, 0.6) is 0 Å². The number of carbonyl (C=O) groups excluding carboxylic acids is 1. The molecule has 1 amide bonds. The number of anilines is 1. The summed E-state index contributed by atoms with van der Waals surface area (Å²) in [5.74, 6) is -0.0918. The Labute approximate surface area is 188 Å². The zero-order valence-electron chi connectivity index (χ0n) is 17.4. The highest BCUT2D eigenvalue weighted by Gasteiger charge is 2.31. The molecule has 4 aromatic heterocycles. The van der Waals surface area contributed by atoms with Crippen molar-refractivity contribution >= 4 is 44.7 Å². The van der Waals surface area contributed by atoms with E-state index in [0.717, 1.165) is 51.4 Å². The van der Waals surface area contributed by atoms with Gasteiger partial charge in [0.25, 0.3) is 5.91 Å². The summed E-state index contributed by atoms with van der Waals surface area (Å²) >= 11 is 7.91. The second-order valence-corrected chi connectivity index (χ2v) is 9.19. The summed E-state index contributed by atoms with van der Waals surface area (Å²) in [6.45, 7) is 5.38. The normalized spacial score (nSPS) is 14.1. The molecule has 1 aliphatic rings. The summed E-state index contributed by atoms with van der Waals surface area (Å²) in [5.41, 5.74) is 4.50. The van der Waals surface area contributed by atoms with E-state index in [1.165, 1.54) is 11.3 Å². The molecule has 0 bridgehead atoms. The van der Waals surface area contributed by atoms with E-state index >= 15 is 0 Å². The molecule has 1 aliphatic heterocycles. The molecule has 0 aliphatic carbocycles. The Hall–Kier alpha value is -2.97. The van der Waals surface area contributed by atoms with Crippen LogP contribution >= 0.6 is 22.9 Å². The Morgan fingerprint density at radius 2 is 2.10 bits per heavy atom. The van der Waals surface area contributed by atoms with Gasteiger partial charge in [0.15, 0.2) is 0 Å². The van der Waals surface area contributed by atoms with Crippen LogP contribution in [0.4, 0.5) is 5.69 Å². The van der Waals surface area contributed by atoms with Crippen LogP contribution in [0.25, 0.3) is 21.3 Å². The summed E-state index contributed by atoms with van der Waals surface area (Å²) in [5, 5.41) is 9.04. The van der Waals surface area contributed by atoms with Gasteiger partial charge in [0.05, 0.1) is 34.8 Å². The molecular weight excluding hydrogens is 432 g/mol. The molecule has 1 N–H and O–H groups in total. The fourth-order valence-corrected chi connectivity index (χ4v) is 5.33. The highest BCUT2D eigenvalue weighted by Crippen LogP contribution is 2.42. The average molecular weight is 453 g/mol. The van der Waals surface area contributed by atoms with Crippen molar-refractivity contribution in [2.45, 2.75) is 19.9 Å². The highest BCUT2D eigenvalue weighted by atomic mass is 35.5. The molecule has 0 radical (unpaired) electrons. The van der Waals surface area contributed by atoms with Crippen LogP contribution in [-0.2, 0) is 7.05 Å². The first-order chi connectivity index (χ1) is 14.9. The first-order valence-corrected chi connectivity index (χ1v) is 11.2. The van der Waals surface area contributed by atoms with Gasteiger partial charge in [-0.1, -0.05) is 11.6 Å². The second kappa shape index (κ2) is 7.62. The maximum absolute atomic E-state index is 13.3. The summed E-state index contributed by atoms with van der Waals surface area (Å²) < 4.78 is 1.73. The summed E-state index contributed by atoms with van der Waals surface area (Å²) in [7, 11) is 1.86. The molecule has 4 aromatic rings. The van der Waals surface area contributed by atoms with Gasteiger partial charge in [-0.3, -0.25) is 14.5 Å². The largest absolute Gasteiger partial charge is 0.366 e. The summed E-state index contributed by atoms with van der Waals surface area (Å²) in [6.07, 6.45) is 7.29. The van der Waals surface area contributed by atoms with E-state index in [9.17, 15) is 4.79 Å². The fraction of sp³-hybridized carbons (Fsp3) is 0.273. The Bertz CT molecular complexity index is 1290. The summed E-state index contributed by atoms with van der Waals surface area (Å²) in [6, 6.07) is 4.03. The molecular formula is C22H21ClN6OS. The van der Waals surface area contributed by atoms with E-state index in [-0.39, 0.29) is 11.9 Å². The predicted molar refractivity (Wildman–Crippen MR) is 124 cm³/mol. The maximum atomic E-state index is 13.3. The minimum Gasteiger partial charge on any atom is -0.366 e. The van der Waals surface area contributed by atoms with E-state index in [1.54, 1.807) is 17.1 Å². The molecule has 0 saturated carbocycles. The number of halogens is 1. The van der Waals surface area contributed by atoms with E-state index in [4.69, 9.17) is 11.6 Å². The molecule has 31 heavy (non-hydrogen) atoms. The smallest absolute Gasteiger partial charge is 0.262 e. The number of carbonyl (C=O) groups is 1. The van der Waals surface area contributed by atoms with Gasteiger partial charge in [0.2, 0.25) is 0 Å². The molecule has 9 heteroatoms. The lowest BCUT2D eigenvalue weighted by atomic mass is 10.0. The van der Waals surface area contributed by atoms with Gasteiger partial charge in [0.1, 0.15) is 9.71 Å². The third-order valence-electron chi connectivity index (χ3n) is 5.61. The lowest BCUT2D eigenvalue weighted by Crippen LogP contribution is -2.59. The molecule has 5 rings (SSSR count). The van der Waals surface area contributed by atoms with Crippen molar-refractivity contribution in [2.24, 2.45) is 7.05 Å². The monoisotopic (exact) mass is 452 g/mol. The maximum Gasteiger partial charge on any atom is 0.262 e. The van der Waals surface area contributed by atoms with Crippen molar-refractivity contribution in [3.63, 3.8) is 0 Å². The Morgan fingerprint density at radius 1 is 1.29 bits per heavy atom. The standard InChI is InChI=1S/C22H21ClN6OS/c1-12-17-18(14-7-25-28(3)9-14)20(31-22(17)26-13(2)19(12)23)21(30)27-15-10-29(11-15)16-5-4-6-24-8-16/h4-9,15H,10-11H2,1-3H3,(H,27,30). The Balaban J connectivity index is 1.48. The number of thiophene rings is 1. The van der Waals surface area contributed by atoms with Crippen LogP contribution < -0.4 is 10.2 Å². The highest BCUT2D eigenvalue weighted by molar-refractivity contribution is 7.21. The number of aromatic nitrogens is 4. The quantitative estimate of drug-likeness (QED) is 0.506. The molecule has 7 nitrogen and oxygen atoms in total. The van der Waals surface area contributed by atoms with Gasteiger partial charge in [-0.2, -0.15) is 5.10 Å². The Morgan fingerprint density at radius 3 is 2.77 bits per heavy atom. The molecule has 1 fully saturated rings. The van der Waals surface area contributed by atoms with Gasteiger partial charge >= 0.3 is 0 Å². The first kappa shape index (κ1) is 20.0. The number of pyridine rings is 2. The number of fused-ring (bicyclic) bond motifs is 1. The van der Waals surface area contributed by atoms with Crippen LogP contribution in [0.2, 0.25) is 5.02 Å². The van der Waals surface area contributed by atoms with Gasteiger partial charge in [-0.05, 0) is 31.5 Å². The number of amides is 1. The lowest BCUT2D eigenvalue weighted by molar-refractivity contribution is 0.0935. The van der Waals surface area contributed by atoms with Crippen LogP contribution in [0.1, 0.15) is 20.9 Å². The van der Waals surface area contributed by atoms with Crippen LogP contribution in [-0.4, -0.2) is 44.8 Å². The van der Waals surface area contributed by atoms with Crippen molar-refractivity contribution in [3.05, 3.63) is 58.1 Å². The zero-order chi connectivity index (χ0) is 21.7. The van der Waals surface area contributed by atoms with E-state index in [2.05, 4.69) is 25.3 Å². The SMILES string of the molecule is Cc1nc2sc(C(=O)NC3CN(c4cccnc4)C3)c(-c3cnn(C)c3)c2c(C)c1Cl. The zero-order valence-corrected chi connectivity index (χ0v) is 19.0. The van der Waals surface area contributed by atoms with Crippen LogP contribution in [0.15, 0.2) is 36.9 Å². The molecule has 1 saturated heterocycles. The number of nitrogens with zero attached hydrogens (tertiary/aromatic N) is 5. The van der Waals surface area contributed by atoms with Crippen LogP contribution in [0, 0.1) is 13.8 Å². The Kier molecular flexibility index (Phi) is 4.91. The number of hydrogen-bond acceptors (Lipinski definition) is 6. The number of aryl methyl sites for hydroxylation is 3. The third-order valence-corrected chi connectivity index (χ3v) is 7.25. The molecule has 0 spiro atoms. The van der Waals surface area contributed by atoms with Gasteiger partial charge in [-0.25, -0.2) is 4.98 Å². The topological polar surface area (TPSA) is 75.9 Å². The molecule has 5 heterocycles. The molecule has 158 valence electrons. The minimum absolute atomic E-state index is 0.0825. The van der Waals surface area contributed by atoms with E-state index in [1.807, 2.05) is 45.4 Å². The minimum atomic E-state index is -0.0918. The molecule has 0 unspecified atom stereocenters.